The third-order valence-electron chi connectivity index (χ3n) is 2.98. The minimum absolute atomic E-state index is 0. The first-order valence-corrected chi connectivity index (χ1v) is 7.38. The summed E-state index contributed by atoms with van der Waals surface area (Å²) in [4.78, 5) is 4.21. The molecule has 1 aromatic carbocycles. The van der Waals surface area contributed by atoms with Gasteiger partial charge >= 0.3 is 0 Å². The number of guanidine groups is 1. The number of para-hydroxylation sites is 1. The highest BCUT2D eigenvalue weighted by atomic mass is 127. The van der Waals surface area contributed by atoms with Crippen LogP contribution >= 0.6 is 24.0 Å². The number of rotatable bonds is 8. The predicted molar refractivity (Wildman–Crippen MR) is 103 cm³/mol. The van der Waals surface area contributed by atoms with E-state index in [0.29, 0.717) is 13.2 Å². The quantitative estimate of drug-likeness (QED) is 0.385. The van der Waals surface area contributed by atoms with Crippen molar-refractivity contribution in [2.24, 2.45) is 4.99 Å². The van der Waals surface area contributed by atoms with Crippen LogP contribution in [0.4, 0.5) is 0 Å². The minimum atomic E-state index is 0. The molecule has 1 aromatic rings. The maximum Gasteiger partial charge on any atom is 0.191 e. The summed E-state index contributed by atoms with van der Waals surface area (Å²) in [7, 11) is 3.46. The first-order valence-electron chi connectivity index (χ1n) is 7.38. The Hall–Kier alpha value is -1.02. The number of hydrogen-bond donors (Lipinski definition) is 2. The molecule has 126 valence electrons. The maximum atomic E-state index is 5.63. The van der Waals surface area contributed by atoms with Gasteiger partial charge < -0.3 is 20.1 Å². The molecule has 0 aromatic heterocycles. The van der Waals surface area contributed by atoms with Gasteiger partial charge in [0, 0.05) is 26.7 Å². The van der Waals surface area contributed by atoms with Gasteiger partial charge in [-0.15, -0.1) is 24.0 Å². The molecule has 0 bridgehead atoms. The van der Waals surface area contributed by atoms with E-state index in [1.807, 2.05) is 25.1 Å². The normalized spacial score (nSPS) is 12.3. The Bertz CT molecular complexity index is 441. The van der Waals surface area contributed by atoms with Crippen LogP contribution in [0.3, 0.4) is 0 Å². The minimum Gasteiger partial charge on any atom is -0.494 e. The second-order valence-corrected chi connectivity index (χ2v) is 4.79. The van der Waals surface area contributed by atoms with Crippen LogP contribution in [0.25, 0.3) is 0 Å². The Labute approximate surface area is 150 Å². The molecule has 0 spiro atoms. The number of halogens is 1. The van der Waals surface area contributed by atoms with E-state index in [9.17, 15) is 0 Å². The molecule has 0 aliphatic rings. The van der Waals surface area contributed by atoms with Crippen LogP contribution in [0.2, 0.25) is 0 Å². The second-order valence-electron chi connectivity index (χ2n) is 4.79. The summed E-state index contributed by atoms with van der Waals surface area (Å²) in [6, 6.07) is 8.35. The standard InChI is InChI=1S/C16H27N3O2.HI/c1-5-21-15-9-7-6-8-14(15)10-11-18-16(17-3)19-13(2)12-20-4;/h6-9,13H,5,10-12H2,1-4H3,(H2,17,18,19);1H. The van der Waals surface area contributed by atoms with Gasteiger partial charge in [-0.2, -0.15) is 0 Å². The van der Waals surface area contributed by atoms with Gasteiger partial charge in [-0.25, -0.2) is 0 Å². The van der Waals surface area contributed by atoms with Crippen molar-refractivity contribution in [2.75, 3.05) is 33.9 Å². The van der Waals surface area contributed by atoms with Crippen LogP contribution < -0.4 is 15.4 Å². The van der Waals surface area contributed by atoms with Gasteiger partial charge in [-0.1, -0.05) is 18.2 Å². The molecule has 5 nitrogen and oxygen atoms in total. The summed E-state index contributed by atoms with van der Waals surface area (Å²) in [6.45, 7) is 6.18. The maximum absolute atomic E-state index is 5.63. The Morgan fingerprint density at radius 3 is 2.68 bits per heavy atom. The van der Waals surface area contributed by atoms with E-state index >= 15 is 0 Å². The van der Waals surface area contributed by atoms with E-state index in [2.05, 4.69) is 28.6 Å². The number of hydrogen-bond acceptors (Lipinski definition) is 3. The Morgan fingerprint density at radius 1 is 1.32 bits per heavy atom. The van der Waals surface area contributed by atoms with Crippen molar-refractivity contribution in [3.63, 3.8) is 0 Å². The lowest BCUT2D eigenvalue weighted by Gasteiger charge is -2.17. The zero-order chi connectivity index (χ0) is 15.5. The van der Waals surface area contributed by atoms with E-state index < -0.39 is 0 Å². The monoisotopic (exact) mass is 421 g/mol. The van der Waals surface area contributed by atoms with Crippen LogP contribution in [-0.2, 0) is 11.2 Å². The van der Waals surface area contributed by atoms with E-state index in [1.54, 1.807) is 14.2 Å². The fraction of sp³-hybridized carbons (Fsp3) is 0.562. The molecule has 0 aliphatic heterocycles. The molecular formula is C16H28IN3O2. The third kappa shape index (κ3) is 7.84. The molecule has 0 heterocycles. The van der Waals surface area contributed by atoms with Crippen molar-refractivity contribution in [2.45, 2.75) is 26.3 Å². The fourth-order valence-electron chi connectivity index (χ4n) is 2.04. The summed E-state index contributed by atoms with van der Waals surface area (Å²) >= 11 is 0. The number of aliphatic imine (C=N–C) groups is 1. The van der Waals surface area contributed by atoms with Gasteiger partial charge in [-0.3, -0.25) is 4.99 Å². The Morgan fingerprint density at radius 2 is 2.05 bits per heavy atom. The molecule has 1 unspecified atom stereocenters. The van der Waals surface area contributed by atoms with Gasteiger partial charge in [0.1, 0.15) is 5.75 Å². The van der Waals surface area contributed by atoms with Gasteiger partial charge in [-0.05, 0) is 31.9 Å². The molecule has 0 aliphatic carbocycles. The van der Waals surface area contributed by atoms with E-state index in [4.69, 9.17) is 9.47 Å². The van der Waals surface area contributed by atoms with Gasteiger partial charge in [0.2, 0.25) is 0 Å². The van der Waals surface area contributed by atoms with Gasteiger partial charge in [0.15, 0.2) is 5.96 Å². The third-order valence-corrected chi connectivity index (χ3v) is 2.98. The molecule has 1 rings (SSSR count). The highest BCUT2D eigenvalue weighted by Gasteiger charge is 2.05. The van der Waals surface area contributed by atoms with Crippen molar-refractivity contribution in [1.82, 2.24) is 10.6 Å². The van der Waals surface area contributed by atoms with Crippen molar-refractivity contribution < 1.29 is 9.47 Å². The molecule has 0 amide bonds. The van der Waals surface area contributed by atoms with Crippen LogP contribution in [0.1, 0.15) is 19.4 Å². The van der Waals surface area contributed by atoms with Crippen LogP contribution in [0, 0.1) is 0 Å². The highest BCUT2D eigenvalue weighted by molar-refractivity contribution is 14.0. The van der Waals surface area contributed by atoms with Crippen molar-refractivity contribution in [1.29, 1.82) is 0 Å². The molecule has 0 saturated heterocycles. The highest BCUT2D eigenvalue weighted by Crippen LogP contribution is 2.17. The van der Waals surface area contributed by atoms with E-state index in [0.717, 1.165) is 24.7 Å². The molecule has 0 radical (unpaired) electrons. The Balaban J connectivity index is 0.00000441. The van der Waals surface area contributed by atoms with Crippen LogP contribution in [0.5, 0.6) is 5.75 Å². The number of benzene rings is 1. The fourth-order valence-corrected chi connectivity index (χ4v) is 2.04. The zero-order valence-electron chi connectivity index (χ0n) is 13.9. The van der Waals surface area contributed by atoms with E-state index in [1.165, 1.54) is 5.56 Å². The van der Waals surface area contributed by atoms with Crippen molar-refractivity contribution in [3.05, 3.63) is 29.8 Å². The lowest BCUT2D eigenvalue weighted by Crippen LogP contribution is -2.44. The molecule has 2 N–H and O–H groups in total. The van der Waals surface area contributed by atoms with Gasteiger partial charge in [0.05, 0.1) is 13.2 Å². The second kappa shape index (κ2) is 12.5. The average Bonchev–Trinajstić information content (AvgIpc) is 2.48. The number of methoxy groups -OCH3 is 1. The summed E-state index contributed by atoms with van der Waals surface area (Å²) in [5, 5.41) is 6.58. The van der Waals surface area contributed by atoms with Crippen molar-refractivity contribution in [3.8, 4) is 5.75 Å². The van der Waals surface area contributed by atoms with Crippen LogP contribution in [-0.4, -0.2) is 45.9 Å². The molecule has 1 atom stereocenters. The summed E-state index contributed by atoms with van der Waals surface area (Å²) in [5.41, 5.74) is 1.20. The summed E-state index contributed by atoms with van der Waals surface area (Å²) in [5.74, 6) is 1.74. The van der Waals surface area contributed by atoms with Gasteiger partial charge in [0.25, 0.3) is 0 Å². The van der Waals surface area contributed by atoms with Crippen molar-refractivity contribution >= 4 is 29.9 Å². The number of nitrogens with zero attached hydrogens (tertiary/aromatic N) is 1. The van der Waals surface area contributed by atoms with E-state index in [-0.39, 0.29) is 30.0 Å². The molecular weight excluding hydrogens is 393 g/mol. The lowest BCUT2D eigenvalue weighted by atomic mass is 10.1. The summed E-state index contributed by atoms with van der Waals surface area (Å²) in [6.07, 6.45) is 0.884. The number of ether oxygens (including phenoxy) is 2. The lowest BCUT2D eigenvalue weighted by molar-refractivity contribution is 0.179. The molecule has 0 saturated carbocycles. The molecule has 0 fully saturated rings. The first kappa shape index (κ1) is 21.0. The number of nitrogens with one attached hydrogen (secondary N) is 2. The topological polar surface area (TPSA) is 54.9 Å². The molecule has 22 heavy (non-hydrogen) atoms. The SMILES string of the molecule is CCOc1ccccc1CCNC(=NC)NC(C)COC.I. The average molecular weight is 421 g/mol. The molecule has 6 heteroatoms. The smallest absolute Gasteiger partial charge is 0.191 e. The zero-order valence-corrected chi connectivity index (χ0v) is 16.2. The summed E-state index contributed by atoms with van der Waals surface area (Å²) < 4.78 is 10.7. The largest absolute Gasteiger partial charge is 0.494 e. The first-order chi connectivity index (χ1) is 10.2. The van der Waals surface area contributed by atoms with Crippen LogP contribution in [0.15, 0.2) is 29.3 Å². The Kier molecular flexibility index (Phi) is 11.9. The predicted octanol–water partition coefficient (Wildman–Crippen LogP) is 2.45.